The van der Waals surface area contributed by atoms with E-state index in [4.69, 9.17) is 4.74 Å². The van der Waals surface area contributed by atoms with E-state index in [-0.39, 0.29) is 18.2 Å². The predicted molar refractivity (Wildman–Crippen MR) is 85.2 cm³/mol. The van der Waals surface area contributed by atoms with Gasteiger partial charge in [0.05, 0.1) is 12.1 Å². The second-order valence-electron chi connectivity index (χ2n) is 5.60. The predicted octanol–water partition coefficient (Wildman–Crippen LogP) is 1.63. The van der Waals surface area contributed by atoms with Crippen molar-refractivity contribution >= 4 is 6.03 Å². The van der Waals surface area contributed by atoms with Crippen LogP contribution in [0.4, 0.5) is 4.79 Å². The number of aromatic nitrogens is 3. The first-order valence-corrected chi connectivity index (χ1v) is 7.84. The molecule has 1 saturated heterocycles. The molecule has 2 amide bonds. The normalized spacial score (nSPS) is 18.6. The minimum atomic E-state index is -0.205. The average molecular weight is 315 g/mol. The first-order chi connectivity index (χ1) is 11.2. The summed E-state index contributed by atoms with van der Waals surface area (Å²) in [6.07, 6.45) is 7.39. The Morgan fingerprint density at radius 2 is 2.39 bits per heavy atom. The topological polar surface area (TPSA) is 81.1 Å². The molecule has 1 aliphatic rings. The number of urea groups is 1. The molecule has 1 aliphatic heterocycles. The third kappa shape index (κ3) is 3.87. The van der Waals surface area contributed by atoms with Crippen LogP contribution in [0.15, 0.2) is 36.8 Å². The number of nitrogens with zero attached hydrogens (tertiary/aromatic N) is 3. The highest BCUT2D eigenvalue weighted by Gasteiger charge is 2.23. The quantitative estimate of drug-likeness (QED) is 0.879. The van der Waals surface area contributed by atoms with Crippen molar-refractivity contribution in [3.8, 4) is 5.82 Å². The number of carbonyl (C=O) groups excluding carboxylic acids is 1. The largest absolute Gasteiger partial charge is 0.376 e. The highest BCUT2D eigenvalue weighted by Crippen LogP contribution is 2.15. The van der Waals surface area contributed by atoms with E-state index in [0.29, 0.717) is 12.4 Å². The summed E-state index contributed by atoms with van der Waals surface area (Å²) >= 11 is 0. The third-order valence-electron chi connectivity index (χ3n) is 3.91. The summed E-state index contributed by atoms with van der Waals surface area (Å²) in [4.78, 5) is 16.4. The van der Waals surface area contributed by atoms with Gasteiger partial charge in [-0.1, -0.05) is 6.07 Å². The van der Waals surface area contributed by atoms with Crippen molar-refractivity contribution in [2.45, 2.75) is 38.5 Å². The smallest absolute Gasteiger partial charge is 0.315 e. The molecule has 3 heterocycles. The van der Waals surface area contributed by atoms with Crippen LogP contribution in [0.1, 0.15) is 25.3 Å². The van der Waals surface area contributed by atoms with Crippen LogP contribution >= 0.6 is 0 Å². The molecular formula is C16H21N5O2. The Bertz CT molecular complexity index is 638. The molecule has 2 atom stereocenters. The van der Waals surface area contributed by atoms with Crippen LogP contribution in [0.2, 0.25) is 0 Å². The molecule has 7 nitrogen and oxygen atoms in total. The third-order valence-corrected chi connectivity index (χ3v) is 3.91. The lowest BCUT2D eigenvalue weighted by atomic mass is 10.1. The molecule has 3 rings (SSSR count). The molecular weight excluding hydrogens is 294 g/mol. The van der Waals surface area contributed by atoms with Gasteiger partial charge in [0.25, 0.3) is 0 Å². The lowest BCUT2D eigenvalue weighted by molar-refractivity contribution is 0.0860. The van der Waals surface area contributed by atoms with Gasteiger partial charge in [-0.3, -0.25) is 0 Å². The fourth-order valence-electron chi connectivity index (χ4n) is 2.69. The molecule has 0 aliphatic carbocycles. The summed E-state index contributed by atoms with van der Waals surface area (Å²) in [5, 5.41) is 9.98. The Morgan fingerprint density at radius 1 is 1.48 bits per heavy atom. The summed E-state index contributed by atoms with van der Waals surface area (Å²) in [5.74, 6) is 0.713. The Balaban J connectivity index is 1.57. The maximum atomic E-state index is 12.1. The molecule has 0 spiro atoms. The molecule has 122 valence electrons. The van der Waals surface area contributed by atoms with E-state index in [0.717, 1.165) is 25.0 Å². The van der Waals surface area contributed by atoms with E-state index in [1.807, 2.05) is 31.3 Å². The number of nitrogens with one attached hydrogen (secondary N) is 2. The molecule has 0 saturated carbocycles. The van der Waals surface area contributed by atoms with Gasteiger partial charge in [0.2, 0.25) is 0 Å². The molecule has 2 aromatic heterocycles. The monoisotopic (exact) mass is 315 g/mol. The number of rotatable bonds is 5. The highest BCUT2D eigenvalue weighted by atomic mass is 16.5. The number of hydrogen-bond donors (Lipinski definition) is 2. The average Bonchev–Trinajstić information content (AvgIpc) is 3.26. The van der Waals surface area contributed by atoms with E-state index in [1.54, 1.807) is 17.1 Å². The van der Waals surface area contributed by atoms with Crippen molar-refractivity contribution in [3.63, 3.8) is 0 Å². The summed E-state index contributed by atoms with van der Waals surface area (Å²) in [7, 11) is 0. The fraction of sp³-hybridized carbons (Fsp3) is 0.438. The Morgan fingerprint density at radius 3 is 3.13 bits per heavy atom. The van der Waals surface area contributed by atoms with Gasteiger partial charge >= 0.3 is 6.03 Å². The minimum Gasteiger partial charge on any atom is -0.376 e. The molecule has 2 aromatic rings. The molecule has 0 bridgehead atoms. The van der Waals surface area contributed by atoms with Crippen molar-refractivity contribution in [1.29, 1.82) is 0 Å². The number of amides is 2. The molecule has 1 fully saturated rings. The van der Waals surface area contributed by atoms with Gasteiger partial charge in [0.15, 0.2) is 5.82 Å². The van der Waals surface area contributed by atoms with Crippen molar-refractivity contribution in [3.05, 3.63) is 42.4 Å². The molecule has 2 N–H and O–H groups in total. The molecule has 23 heavy (non-hydrogen) atoms. The van der Waals surface area contributed by atoms with Gasteiger partial charge in [-0.2, -0.15) is 5.10 Å². The van der Waals surface area contributed by atoms with Gasteiger partial charge in [-0.15, -0.1) is 0 Å². The van der Waals surface area contributed by atoms with Crippen LogP contribution in [0.3, 0.4) is 0 Å². The number of hydrogen-bond acceptors (Lipinski definition) is 4. The minimum absolute atomic E-state index is 0.00279. The number of carbonyl (C=O) groups is 1. The Kier molecular flexibility index (Phi) is 4.87. The maximum absolute atomic E-state index is 12.1. The van der Waals surface area contributed by atoms with E-state index >= 15 is 0 Å². The molecule has 2 unspecified atom stereocenters. The summed E-state index contributed by atoms with van der Waals surface area (Å²) in [6, 6.07) is 5.40. The van der Waals surface area contributed by atoms with Crippen molar-refractivity contribution in [1.82, 2.24) is 25.4 Å². The lowest BCUT2D eigenvalue weighted by Gasteiger charge is -2.20. The maximum Gasteiger partial charge on any atom is 0.315 e. The van der Waals surface area contributed by atoms with Crippen molar-refractivity contribution in [2.24, 2.45) is 0 Å². The summed E-state index contributed by atoms with van der Waals surface area (Å²) < 4.78 is 7.27. The zero-order chi connectivity index (χ0) is 16.1. The first kappa shape index (κ1) is 15.5. The first-order valence-electron chi connectivity index (χ1n) is 7.84. The van der Waals surface area contributed by atoms with Gasteiger partial charge in [0, 0.05) is 37.3 Å². The molecule has 0 radical (unpaired) electrons. The SMILES string of the molecule is CC(NC(=O)NCc1cccnc1-n1cccn1)C1CCCO1. The number of pyridine rings is 1. The fourth-order valence-corrected chi connectivity index (χ4v) is 2.69. The van der Waals surface area contributed by atoms with E-state index < -0.39 is 0 Å². The van der Waals surface area contributed by atoms with Crippen molar-refractivity contribution in [2.75, 3.05) is 6.61 Å². The van der Waals surface area contributed by atoms with E-state index in [2.05, 4.69) is 20.7 Å². The molecule has 7 heteroatoms. The van der Waals surface area contributed by atoms with Gasteiger partial charge < -0.3 is 15.4 Å². The van der Waals surface area contributed by atoms with Gasteiger partial charge in [0.1, 0.15) is 0 Å². The van der Waals surface area contributed by atoms with Crippen molar-refractivity contribution < 1.29 is 9.53 Å². The zero-order valence-corrected chi connectivity index (χ0v) is 13.1. The van der Waals surface area contributed by atoms with Crippen LogP contribution in [0.25, 0.3) is 5.82 Å². The van der Waals surface area contributed by atoms with Gasteiger partial charge in [-0.25, -0.2) is 14.5 Å². The summed E-state index contributed by atoms with van der Waals surface area (Å²) in [6.45, 7) is 3.13. The van der Waals surface area contributed by atoms with Crippen LogP contribution in [-0.2, 0) is 11.3 Å². The lowest BCUT2D eigenvalue weighted by Crippen LogP contribution is -2.45. The number of ether oxygens (including phenoxy) is 1. The second-order valence-corrected chi connectivity index (χ2v) is 5.60. The van der Waals surface area contributed by atoms with Crippen LogP contribution in [-0.4, -0.2) is 39.5 Å². The molecule has 0 aromatic carbocycles. The second kappa shape index (κ2) is 7.23. The van der Waals surface area contributed by atoms with Crippen LogP contribution in [0, 0.1) is 0 Å². The standard InChI is InChI=1S/C16H21N5O2/c1-12(14-6-3-10-23-14)20-16(22)18-11-13-5-2-7-17-15(13)21-9-4-8-19-21/h2,4-5,7-9,12,14H,3,6,10-11H2,1H3,(H2,18,20,22). The Hall–Kier alpha value is -2.41. The highest BCUT2D eigenvalue weighted by molar-refractivity contribution is 5.74. The summed E-state index contributed by atoms with van der Waals surface area (Å²) in [5.41, 5.74) is 0.899. The zero-order valence-electron chi connectivity index (χ0n) is 13.1. The van der Waals surface area contributed by atoms with Crippen LogP contribution in [0.5, 0.6) is 0 Å². The van der Waals surface area contributed by atoms with E-state index in [9.17, 15) is 4.79 Å². The van der Waals surface area contributed by atoms with Gasteiger partial charge in [-0.05, 0) is 31.9 Å². The van der Waals surface area contributed by atoms with Crippen LogP contribution < -0.4 is 10.6 Å². The van der Waals surface area contributed by atoms with E-state index in [1.165, 1.54) is 0 Å². The Labute approximate surface area is 135 Å².